The third-order valence-electron chi connectivity index (χ3n) is 2.55. The van der Waals surface area contributed by atoms with Crippen molar-refractivity contribution in [1.82, 2.24) is 4.98 Å². The van der Waals surface area contributed by atoms with Gasteiger partial charge in [0.05, 0.1) is 6.54 Å². The van der Waals surface area contributed by atoms with Crippen LogP contribution in [0.2, 0.25) is 0 Å². The Morgan fingerprint density at radius 3 is 2.63 bits per heavy atom. The third-order valence-corrected chi connectivity index (χ3v) is 3.23. The maximum Gasteiger partial charge on any atom is 0.310 e. The topological polar surface area (TPSA) is 82.5 Å². The van der Waals surface area contributed by atoms with E-state index in [0.717, 1.165) is 5.56 Å². The van der Waals surface area contributed by atoms with Crippen molar-refractivity contribution in [3.8, 4) is 5.06 Å². The standard InChI is InChI=1S/C13H12N2O3S/c1-8(14-7-9-5-3-2-4-6-9)10-11(16)15-13(18)19-12(10)17/h2-6,17H,7H2,1H3,(H,15,16,18). The molecule has 0 aliphatic heterocycles. The van der Waals surface area contributed by atoms with E-state index in [0.29, 0.717) is 23.6 Å². The minimum Gasteiger partial charge on any atom is -0.499 e. The van der Waals surface area contributed by atoms with Crippen LogP contribution in [0.3, 0.4) is 0 Å². The molecule has 2 N–H and O–H groups in total. The number of hydrogen-bond donors (Lipinski definition) is 2. The predicted octanol–water partition coefficient (Wildman–Crippen LogP) is 1.51. The van der Waals surface area contributed by atoms with Crippen LogP contribution >= 0.6 is 11.3 Å². The Morgan fingerprint density at radius 2 is 2.00 bits per heavy atom. The van der Waals surface area contributed by atoms with Crippen LogP contribution in [0, 0.1) is 0 Å². The van der Waals surface area contributed by atoms with Gasteiger partial charge < -0.3 is 5.11 Å². The van der Waals surface area contributed by atoms with Crippen LogP contribution in [0.5, 0.6) is 5.06 Å². The minimum absolute atomic E-state index is 0.0560. The van der Waals surface area contributed by atoms with Crippen molar-refractivity contribution in [2.75, 3.05) is 0 Å². The van der Waals surface area contributed by atoms with Crippen molar-refractivity contribution < 1.29 is 5.11 Å². The Balaban J connectivity index is 2.32. The molecule has 0 bridgehead atoms. The zero-order valence-corrected chi connectivity index (χ0v) is 11.0. The minimum atomic E-state index is -0.615. The lowest BCUT2D eigenvalue weighted by molar-refractivity contribution is 0.487. The first-order valence-electron chi connectivity index (χ1n) is 5.59. The Kier molecular flexibility index (Phi) is 3.91. The Labute approximate surface area is 112 Å². The van der Waals surface area contributed by atoms with Gasteiger partial charge in [-0.15, -0.1) is 0 Å². The summed E-state index contributed by atoms with van der Waals surface area (Å²) in [6, 6.07) is 9.55. The summed E-state index contributed by atoms with van der Waals surface area (Å²) in [5.41, 5.74) is 0.844. The van der Waals surface area contributed by atoms with Crippen molar-refractivity contribution >= 4 is 17.0 Å². The van der Waals surface area contributed by atoms with Crippen molar-refractivity contribution in [3.05, 3.63) is 61.5 Å². The summed E-state index contributed by atoms with van der Waals surface area (Å²) in [6.07, 6.45) is 0. The second kappa shape index (κ2) is 5.62. The number of benzene rings is 1. The monoisotopic (exact) mass is 276 g/mol. The fraction of sp³-hybridized carbons (Fsp3) is 0.154. The molecule has 19 heavy (non-hydrogen) atoms. The average molecular weight is 276 g/mol. The van der Waals surface area contributed by atoms with Gasteiger partial charge in [0.15, 0.2) is 5.06 Å². The van der Waals surface area contributed by atoms with Crippen LogP contribution in [0.1, 0.15) is 18.1 Å². The van der Waals surface area contributed by atoms with E-state index >= 15 is 0 Å². The van der Waals surface area contributed by atoms with Gasteiger partial charge >= 0.3 is 4.87 Å². The van der Waals surface area contributed by atoms with E-state index in [9.17, 15) is 14.7 Å². The van der Waals surface area contributed by atoms with Crippen molar-refractivity contribution in [1.29, 1.82) is 0 Å². The molecule has 0 atom stereocenters. The fourth-order valence-electron chi connectivity index (χ4n) is 1.61. The Hall–Kier alpha value is -2.21. The first-order chi connectivity index (χ1) is 9.08. The van der Waals surface area contributed by atoms with Crippen LogP contribution in [-0.2, 0) is 6.54 Å². The first-order valence-corrected chi connectivity index (χ1v) is 6.41. The summed E-state index contributed by atoms with van der Waals surface area (Å²) in [5, 5.41) is 9.35. The van der Waals surface area contributed by atoms with Gasteiger partial charge in [-0.05, 0) is 23.8 Å². The van der Waals surface area contributed by atoms with Crippen molar-refractivity contribution in [2.24, 2.45) is 4.99 Å². The third kappa shape index (κ3) is 3.17. The largest absolute Gasteiger partial charge is 0.499 e. The predicted molar refractivity (Wildman–Crippen MR) is 75.2 cm³/mol. The molecule has 0 amide bonds. The van der Waals surface area contributed by atoms with E-state index in [1.54, 1.807) is 6.92 Å². The number of aromatic hydroxyl groups is 1. The zero-order chi connectivity index (χ0) is 13.8. The summed E-state index contributed by atoms with van der Waals surface area (Å²) in [7, 11) is 0. The van der Waals surface area contributed by atoms with Crippen LogP contribution in [0.4, 0.5) is 0 Å². The molecule has 0 unspecified atom stereocenters. The molecule has 1 aromatic carbocycles. The molecule has 98 valence electrons. The molecule has 0 saturated heterocycles. The molecule has 0 aliphatic carbocycles. The smallest absolute Gasteiger partial charge is 0.310 e. The van der Waals surface area contributed by atoms with Crippen LogP contribution in [0.25, 0.3) is 0 Å². The van der Waals surface area contributed by atoms with Crippen molar-refractivity contribution in [3.63, 3.8) is 0 Å². The van der Waals surface area contributed by atoms with E-state index in [2.05, 4.69) is 9.98 Å². The molecule has 0 aliphatic rings. The van der Waals surface area contributed by atoms with E-state index < -0.39 is 10.4 Å². The lowest BCUT2D eigenvalue weighted by Gasteiger charge is -2.02. The molecule has 0 fully saturated rings. The summed E-state index contributed by atoms with van der Waals surface area (Å²) in [4.78, 5) is 28.5. The van der Waals surface area contributed by atoms with Gasteiger partial charge in [0, 0.05) is 5.71 Å². The average Bonchev–Trinajstić information content (AvgIpc) is 2.36. The summed E-state index contributed by atoms with van der Waals surface area (Å²) in [6.45, 7) is 2.04. The zero-order valence-electron chi connectivity index (χ0n) is 10.2. The number of rotatable bonds is 3. The van der Waals surface area contributed by atoms with E-state index in [4.69, 9.17) is 0 Å². The van der Waals surface area contributed by atoms with Gasteiger partial charge in [-0.3, -0.25) is 19.6 Å². The summed E-state index contributed by atoms with van der Waals surface area (Å²) in [5.74, 6) is 0. The molecule has 2 aromatic rings. The SMILES string of the molecule is CC(=NCc1ccccc1)c1c(O)sc(=O)[nH]c1=O. The number of hydrogen-bond acceptors (Lipinski definition) is 5. The highest BCUT2D eigenvalue weighted by Crippen LogP contribution is 2.15. The van der Waals surface area contributed by atoms with Gasteiger partial charge in [0.1, 0.15) is 5.56 Å². The highest BCUT2D eigenvalue weighted by Gasteiger charge is 2.11. The normalized spacial score (nSPS) is 11.5. The number of aromatic amines is 1. The Morgan fingerprint density at radius 1 is 1.32 bits per heavy atom. The number of H-pyrrole nitrogens is 1. The van der Waals surface area contributed by atoms with Gasteiger partial charge in [-0.2, -0.15) is 0 Å². The fourth-order valence-corrected chi connectivity index (χ4v) is 2.27. The molecular formula is C13H12N2O3S. The molecule has 5 nitrogen and oxygen atoms in total. The van der Waals surface area contributed by atoms with Crippen LogP contribution in [-0.4, -0.2) is 15.8 Å². The summed E-state index contributed by atoms with van der Waals surface area (Å²) >= 11 is 0.587. The maximum atomic E-state index is 11.6. The molecule has 0 saturated carbocycles. The quantitative estimate of drug-likeness (QED) is 0.834. The molecular weight excluding hydrogens is 264 g/mol. The first kappa shape index (κ1) is 13.2. The molecule has 2 rings (SSSR count). The molecule has 1 heterocycles. The lowest BCUT2D eigenvalue weighted by atomic mass is 10.2. The summed E-state index contributed by atoms with van der Waals surface area (Å²) < 4.78 is 0. The number of aromatic nitrogens is 1. The van der Waals surface area contributed by atoms with Gasteiger partial charge in [-0.1, -0.05) is 30.3 Å². The maximum absolute atomic E-state index is 11.6. The number of aliphatic imine (C=N–C) groups is 1. The van der Waals surface area contributed by atoms with Crippen LogP contribution < -0.4 is 10.4 Å². The van der Waals surface area contributed by atoms with Gasteiger partial charge in [0.25, 0.3) is 5.56 Å². The number of nitrogens with one attached hydrogen (secondary N) is 1. The number of nitrogens with zero attached hydrogens (tertiary/aromatic N) is 1. The molecule has 6 heteroatoms. The Bertz CT molecular complexity index is 717. The van der Waals surface area contributed by atoms with E-state index in [1.165, 1.54) is 0 Å². The van der Waals surface area contributed by atoms with Crippen molar-refractivity contribution in [2.45, 2.75) is 13.5 Å². The second-order valence-electron chi connectivity index (χ2n) is 3.91. The van der Waals surface area contributed by atoms with Gasteiger partial charge in [0.2, 0.25) is 0 Å². The molecule has 0 spiro atoms. The lowest BCUT2D eigenvalue weighted by Crippen LogP contribution is -2.22. The second-order valence-corrected chi connectivity index (χ2v) is 4.87. The highest BCUT2D eigenvalue weighted by molar-refractivity contribution is 7.11. The highest BCUT2D eigenvalue weighted by atomic mass is 32.1. The van der Waals surface area contributed by atoms with Gasteiger partial charge in [-0.25, -0.2) is 0 Å². The van der Waals surface area contributed by atoms with Crippen LogP contribution in [0.15, 0.2) is 44.9 Å². The molecule has 1 aromatic heterocycles. The van der Waals surface area contributed by atoms with E-state index in [-0.39, 0.29) is 10.6 Å². The van der Waals surface area contributed by atoms with E-state index in [1.807, 2.05) is 30.3 Å². The molecule has 0 radical (unpaired) electrons.